The van der Waals surface area contributed by atoms with Crippen molar-refractivity contribution in [2.75, 3.05) is 11.9 Å². The molecule has 3 aromatic carbocycles. The van der Waals surface area contributed by atoms with E-state index in [0.717, 1.165) is 22.5 Å². The molecule has 0 aliphatic rings. The lowest BCUT2D eigenvalue weighted by Crippen LogP contribution is -2.38. The number of hydrazone groups is 1. The minimum absolute atomic E-state index is 0.360. The van der Waals surface area contributed by atoms with Crippen molar-refractivity contribution in [1.82, 2.24) is 10.7 Å². The highest BCUT2D eigenvalue weighted by Crippen LogP contribution is 2.23. The molecular weight excluding hydrogens is 412 g/mol. The molecule has 158 valence electrons. The summed E-state index contributed by atoms with van der Waals surface area (Å²) in [4.78, 5) is 23.9. The molecule has 7 heteroatoms. The molecule has 0 heterocycles. The van der Waals surface area contributed by atoms with Gasteiger partial charge in [0, 0.05) is 28.5 Å². The van der Waals surface area contributed by atoms with Gasteiger partial charge in [-0.1, -0.05) is 59.6 Å². The van der Waals surface area contributed by atoms with Gasteiger partial charge in [-0.2, -0.15) is 5.10 Å². The van der Waals surface area contributed by atoms with Gasteiger partial charge in [-0.25, -0.2) is 5.43 Å². The molecule has 2 amide bonds. The Balaban J connectivity index is 1.55. The van der Waals surface area contributed by atoms with Crippen LogP contribution >= 0.6 is 11.6 Å². The first-order valence-corrected chi connectivity index (χ1v) is 10.2. The fourth-order valence-electron chi connectivity index (χ4n) is 2.80. The summed E-state index contributed by atoms with van der Waals surface area (Å²) in [6, 6.07) is 22.9. The van der Waals surface area contributed by atoms with Crippen LogP contribution in [0.15, 0.2) is 77.9 Å². The zero-order chi connectivity index (χ0) is 22.1. The van der Waals surface area contributed by atoms with Crippen LogP contribution in [0.3, 0.4) is 0 Å². The van der Waals surface area contributed by atoms with Crippen LogP contribution in [0.5, 0.6) is 0 Å². The topological polar surface area (TPSA) is 82.6 Å². The van der Waals surface area contributed by atoms with Crippen molar-refractivity contribution in [3.8, 4) is 0 Å². The molecule has 31 heavy (non-hydrogen) atoms. The van der Waals surface area contributed by atoms with E-state index in [4.69, 9.17) is 11.6 Å². The van der Waals surface area contributed by atoms with Crippen LogP contribution in [-0.4, -0.2) is 24.6 Å². The van der Waals surface area contributed by atoms with Gasteiger partial charge >= 0.3 is 11.8 Å². The lowest BCUT2D eigenvalue weighted by atomic mass is 10.1. The molecule has 0 fully saturated rings. The van der Waals surface area contributed by atoms with Crippen molar-refractivity contribution in [2.45, 2.75) is 13.3 Å². The predicted molar refractivity (Wildman–Crippen MR) is 125 cm³/mol. The molecule has 0 atom stereocenters. The van der Waals surface area contributed by atoms with E-state index in [1.54, 1.807) is 12.1 Å². The Morgan fingerprint density at radius 1 is 0.968 bits per heavy atom. The summed E-state index contributed by atoms with van der Waals surface area (Å²) in [5.74, 6) is -1.57. The van der Waals surface area contributed by atoms with Gasteiger partial charge in [0.05, 0.1) is 6.21 Å². The molecule has 0 saturated heterocycles. The summed E-state index contributed by atoms with van der Waals surface area (Å²) in [6.45, 7) is 2.38. The van der Waals surface area contributed by atoms with Gasteiger partial charge in [0.2, 0.25) is 0 Å². The Bertz CT molecular complexity index is 1070. The van der Waals surface area contributed by atoms with Crippen molar-refractivity contribution in [3.63, 3.8) is 0 Å². The first-order valence-electron chi connectivity index (χ1n) is 9.79. The zero-order valence-electron chi connectivity index (χ0n) is 17.1. The minimum atomic E-state index is -0.834. The van der Waals surface area contributed by atoms with Crippen molar-refractivity contribution in [1.29, 1.82) is 0 Å². The van der Waals surface area contributed by atoms with E-state index in [1.165, 1.54) is 6.21 Å². The number of nitrogens with zero attached hydrogens (tertiary/aromatic N) is 1. The van der Waals surface area contributed by atoms with Crippen LogP contribution in [0.1, 0.15) is 16.7 Å². The summed E-state index contributed by atoms with van der Waals surface area (Å²) >= 11 is 6.10. The van der Waals surface area contributed by atoms with Gasteiger partial charge in [-0.05, 0) is 49.2 Å². The molecule has 0 saturated carbocycles. The van der Waals surface area contributed by atoms with Crippen LogP contribution in [0.25, 0.3) is 0 Å². The quantitative estimate of drug-likeness (QED) is 0.296. The van der Waals surface area contributed by atoms with Crippen molar-refractivity contribution in [3.05, 3.63) is 94.5 Å². The third kappa shape index (κ3) is 6.97. The van der Waals surface area contributed by atoms with E-state index in [1.807, 2.05) is 67.6 Å². The van der Waals surface area contributed by atoms with E-state index in [9.17, 15) is 9.59 Å². The monoisotopic (exact) mass is 434 g/mol. The number of carbonyl (C=O) groups excluding carboxylic acids is 2. The Morgan fingerprint density at radius 2 is 1.71 bits per heavy atom. The van der Waals surface area contributed by atoms with E-state index < -0.39 is 11.8 Å². The second-order valence-electron chi connectivity index (χ2n) is 6.91. The fraction of sp³-hybridized carbons (Fsp3) is 0.125. The van der Waals surface area contributed by atoms with E-state index in [2.05, 4.69) is 21.2 Å². The van der Waals surface area contributed by atoms with Crippen LogP contribution in [0, 0.1) is 6.92 Å². The van der Waals surface area contributed by atoms with Crippen molar-refractivity contribution in [2.24, 2.45) is 5.10 Å². The summed E-state index contributed by atoms with van der Waals surface area (Å²) in [7, 11) is 0. The molecule has 0 aliphatic heterocycles. The normalized spacial score (nSPS) is 10.6. The standard InChI is InChI=1S/C24H23ClN4O2/c1-17-7-10-21(11-8-17)28-22-12-9-20(25)15-19(22)16-27-29-24(31)23(30)26-14-13-18-5-3-2-4-6-18/h2-12,15-16,28H,13-14H2,1H3,(H,26,30)(H,29,31)/b27-16-. The fourth-order valence-corrected chi connectivity index (χ4v) is 2.98. The smallest absolute Gasteiger partial charge is 0.329 e. The Kier molecular flexibility index (Phi) is 7.79. The number of nitrogens with one attached hydrogen (secondary N) is 3. The van der Waals surface area contributed by atoms with Gasteiger partial charge < -0.3 is 10.6 Å². The molecule has 0 radical (unpaired) electrons. The number of hydrogen-bond acceptors (Lipinski definition) is 4. The third-order valence-electron chi connectivity index (χ3n) is 4.46. The second kappa shape index (κ2) is 10.9. The summed E-state index contributed by atoms with van der Waals surface area (Å²) in [5.41, 5.74) is 6.82. The number of hydrogen-bond donors (Lipinski definition) is 3. The van der Waals surface area contributed by atoms with Crippen LogP contribution < -0.4 is 16.1 Å². The maximum Gasteiger partial charge on any atom is 0.329 e. The summed E-state index contributed by atoms with van der Waals surface area (Å²) < 4.78 is 0. The SMILES string of the molecule is Cc1ccc(Nc2ccc(Cl)cc2/C=N\NC(=O)C(=O)NCCc2ccccc2)cc1. The Hall–Kier alpha value is -3.64. The van der Waals surface area contributed by atoms with E-state index in [0.29, 0.717) is 23.6 Å². The average molecular weight is 435 g/mol. The first kappa shape index (κ1) is 22.1. The number of aryl methyl sites for hydroxylation is 1. The minimum Gasteiger partial charge on any atom is -0.355 e. The molecule has 0 unspecified atom stereocenters. The second-order valence-corrected chi connectivity index (χ2v) is 7.35. The molecule has 6 nitrogen and oxygen atoms in total. The number of benzene rings is 3. The highest BCUT2D eigenvalue weighted by molar-refractivity contribution is 6.35. The number of amides is 2. The van der Waals surface area contributed by atoms with Gasteiger partial charge in [-0.15, -0.1) is 0 Å². The summed E-state index contributed by atoms with van der Waals surface area (Å²) in [6.07, 6.45) is 2.08. The molecule has 0 aliphatic carbocycles. The van der Waals surface area contributed by atoms with Gasteiger partial charge in [0.1, 0.15) is 0 Å². The molecule has 0 bridgehead atoms. The molecular formula is C24H23ClN4O2. The lowest BCUT2D eigenvalue weighted by Gasteiger charge is -2.10. The largest absolute Gasteiger partial charge is 0.355 e. The maximum atomic E-state index is 12.0. The molecule has 3 rings (SSSR count). The highest BCUT2D eigenvalue weighted by Gasteiger charge is 2.11. The Morgan fingerprint density at radius 3 is 2.45 bits per heavy atom. The highest BCUT2D eigenvalue weighted by atomic mass is 35.5. The number of rotatable bonds is 7. The lowest BCUT2D eigenvalue weighted by molar-refractivity contribution is -0.139. The average Bonchev–Trinajstić information content (AvgIpc) is 2.77. The van der Waals surface area contributed by atoms with Crippen molar-refractivity contribution < 1.29 is 9.59 Å². The first-order chi connectivity index (χ1) is 15.0. The van der Waals surface area contributed by atoms with Crippen molar-refractivity contribution >= 4 is 41.0 Å². The van der Waals surface area contributed by atoms with E-state index in [-0.39, 0.29) is 0 Å². The maximum absolute atomic E-state index is 12.0. The zero-order valence-corrected chi connectivity index (χ0v) is 17.8. The molecule has 0 spiro atoms. The Labute approximate surface area is 186 Å². The molecule has 3 N–H and O–H groups in total. The molecule has 0 aromatic heterocycles. The predicted octanol–water partition coefficient (Wildman–Crippen LogP) is 4.20. The van der Waals surface area contributed by atoms with Crippen LogP contribution in [0.4, 0.5) is 11.4 Å². The van der Waals surface area contributed by atoms with Gasteiger partial charge in [0.25, 0.3) is 0 Å². The summed E-state index contributed by atoms with van der Waals surface area (Å²) in [5, 5.41) is 10.3. The van der Waals surface area contributed by atoms with E-state index >= 15 is 0 Å². The number of carbonyl (C=O) groups is 2. The van der Waals surface area contributed by atoms with Crippen LogP contribution in [0.2, 0.25) is 5.02 Å². The third-order valence-corrected chi connectivity index (χ3v) is 4.70. The molecule has 3 aromatic rings. The van der Waals surface area contributed by atoms with Crippen LogP contribution in [-0.2, 0) is 16.0 Å². The van der Waals surface area contributed by atoms with Gasteiger partial charge in [-0.3, -0.25) is 9.59 Å². The number of halogens is 1. The number of anilines is 2. The van der Waals surface area contributed by atoms with Gasteiger partial charge in [0.15, 0.2) is 0 Å².